The molecule has 37 heavy (non-hydrogen) atoms. The SMILES string of the molecule is [2H][C@](Nc1cc(Cl)c2ncc(C#N)c(N[C@H](CC)c3ccccc3)c2c1)(C1=CNNN1)c1cccnc1C. The van der Waals surface area contributed by atoms with Crippen LogP contribution in [0.15, 0.2) is 78.9 Å². The lowest BCUT2D eigenvalue weighted by atomic mass is 10.0. The summed E-state index contributed by atoms with van der Waals surface area (Å²) in [5.74, 6) is 0. The fraction of sp³-hybridized carbons (Fsp3) is 0.179. The Hall–Kier alpha value is -4.32. The van der Waals surface area contributed by atoms with Crippen molar-refractivity contribution in [3.05, 3.63) is 106 Å². The normalized spacial score (nSPS) is 15.4. The molecule has 0 saturated carbocycles. The maximum Gasteiger partial charge on any atom is 0.103 e. The molecular formula is C28H27ClN8. The number of nitrogens with zero attached hydrogens (tertiary/aromatic N) is 3. The average molecular weight is 512 g/mol. The molecule has 3 heterocycles. The number of nitrogens with one attached hydrogen (secondary N) is 5. The number of pyridine rings is 2. The number of benzene rings is 2. The summed E-state index contributed by atoms with van der Waals surface area (Å²) >= 11 is 6.74. The van der Waals surface area contributed by atoms with Crippen molar-refractivity contribution in [2.75, 3.05) is 10.6 Å². The van der Waals surface area contributed by atoms with Gasteiger partial charge in [0.05, 0.1) is 40.9 Å². The monoisotopic (exact) mass is 511 g/mol. The Morgan fingerprint density at radius 3 is 2.68 bits per heavy atom. The highest BCUT2D eigenvalue weighted by Gasteiger charge is 2.23. The molecule has 186 valence electrons. The van der Waals surface area contributed by atoms with Crippen LogP contribution in [0, 0.1) is 18.3 Å². The van der Waals surface area contributed by atoms with Gasteiger partial charge >= 0.3 is 0 Å². The first-order valence-electron chi connectivity index (χ1n) is 12.5. The van der Waals surface area contributed by atoms with E-state index in [2.05, 4.69) is 62.1 Å². The van der Waals surface area contributed by atoms with Crippen LogP contribution in [0.5, 0.6) is 0 Å². The van der Waals surface area contributed by atoms with E-state index in [1.54, 1.807) is 30.7 Å². The van der Waals surface area contributed by atoms with Crippen molar-refractivity contribution in [2.24, 2.45) is 0 Å². The molecule has 0 saturated heterocycles. The molecule has 0 spiro atoms. The lowest BCUT2D eigenvalue weighted by molar-refractivity contribution is 0.582. The maximum atomic E-state index is 9.94. The fourth-order valence-electron chi connectivity index (χ4n) is 4.41. The summed E-state index contributed by atoms with van der Waals surface area (Å²) in [5, 5.41) is 17.9. The number of nitriles is 1. The van der Waals surface area contributed by atoms with E-state index in [1.807, 2.05) is 37.3 Å². The second-order valence-corrected chi connectivity index (χ2v) is 9.02. The summed E-state index contributed by atoms with van der Waals surface area (Å²) in [6.45, 7) is 3.96. The smallest absolute Gasteiger partial charge is 0.103 e. The number of hydrogen-bond acceptors (Lipinski definition) is 8. The van der Waals surface area contributed by atoms with E-state index in [0.29, 0.717) is 49.8 Å². The first kappa shape index (κ1) is 23.1. The third-order valence-corrected chi connectivity index (χ3v) is 6.56. The lowest BCUT2D eigenvalue weighted by Gasteiger charge is -2.24. The highest BCUT2D eigenvalue weighted by Crippen LogP contribution is 2.37. The van der Waals surface area contributed by atoms with Crippen LogP contribution in [-0.2, 0) is 0 Å². The zero-order valence-corrected chi connectivity index (χ0v) is 21.2. The number of hydrazine groups is 2. The van der Waals surface area contributed by atoms with Gasteiger partial charge in [0, 0.05) is 40.9 Å². The van der Waals surface area contributed by atoms with Crippen LogP contribution in [0.25, 0.3) is 10.9 Å². The Morgan fingerprint density at radius 1 is 1.14 bits per heavy atom. The van der Waals surface area contributed by atoms with Crippen molar-refractivity contribution in [2.45, 2.75) is 32.3 Å². The van der Waals surface area contributed by atoms with E-state index < -0.39 is 6.02 Å². The molecule has 0 unspecified atom stereocenters. The van der Waals surface area contributed by atoms with Crippen molar-refractivity contribution in [1.29, 1.82) is 5.26 Å². The van der Waals surface area contributed by atoms with E-state index >= 15 is 0 Å². The topological polar surface area (TPSA) is 110 Å². The summed E-state index contributed by atoms with van der Waals surface area (Å²) in [6, 6.07) is 18.2. The van der Waals surface area contributed by atoms with Gasteiger partial charge in [0.25, 0.3) is 0 Å². The molecule has 2 atom stereocenters. The first-order chi connectivity index (χ1) is 18.4. The van der Waals surface area contributed by atoms with E-state index in [0.717, 1.165) is 12.0 Å². The third kappa shape index (κ3) is 5.00. The summed E-state index contributed by atoms with van der Waals surface area (Å²) < 4.78 is 9.51. The van der Waals surface area contributed by atoms with Crippen molar-refractivity contribution < 1.29 is 1.37 Å². The molecule has 2 aromatic carbocycles. The van der Waals surface area contributed by atoms with Crippen molar-refractivity contribution >= 4 is 33.9 Å². The van der Waals surface area contributed by atoms with E-state index in [4.69, 9.17) is 11.6 Å². The Balaban J connectivity index is 1.63. The third-order valence-electron chi connectivity index (χ3n) is 6.27. The van der Waals surface area contributed by atoms with Gasteiger partial charge in [-0.25, -0.2) is 0 Å². The molecule has 0 radical (unpaired) electrons. The Bertz CT molecular complexity index is 1550. The van der Waals surface area contributed by atoms with Gasteiger partial charge < -0.3 is 21.5 Å². The standard InChI is InChI=1S/C28H27ClN8/c1-3-24(18-8-5-4-6-9-18)35-26-19(14-30)15-32-27-22(26)12-20(13-23(27)29)34-28(25-16-33-37-36-25)21-10-7-11-31-17(21)2/h4-13,15-16,24,28,33-34,36-37H,3H2,1-2H3,(H,32,35)/t24-,28-/m1/s1/i28D. The molecule has 4 aromatic rings. The molecule has 8 nitrogen and oxygen atoms in total. The maximum absolute atomic E-state index is 9.94. The number of aryl methyl sites for hydroxylation is 1. The van der Waals surface area contributed by atoms with Crippen molar-refractivity contribution in [3.63, 3.8) is 0 Å². The molecule has 1 aliphatic heterocycles. The van der Waals surface area contributed by atoms with Crippen LogP contribution in [-0.4, -0.2) is 9.97 Å². The number of fused-ring (bicyclic) bond motifs is 1. The van der Waals surface area contributed by atoms with Crippen LogP contribution in [0.4, 0.5) is 11.4 Å². The molecule has 0 aliphatic carbocycles. The number of aromatic nitrogens is 2. The zero-order valence-electron chi connectivity index (χ0n) is 21.4. The highest BCUT2D eigenvalue weighted by molar-refractivity contribution is 6.35. The molecule has 0 fully saturated rings. The molecule has 2 aromatic heterocycles. The predicted molar refractivity (Wildman–Crippen MR) is 147 cm³/mol. The van der Waals surface area contributed by atoms with Crippen LogP contribution in [0.1, 0.15) is 49.2 Å². The van der Waals surface area contributed by atoms with Crippen LogP contribution < -0.4 is 27.0 Å². The first-order valence-corrected chi connectivity index (χ1v) is 12.3. The minimum absolute atomic E-state index is 0.0254. The van der Waals surface area contributed by atoms with E-state index in [-0.39, 0.29) is 6.04 Å². The molecule has 5 rings (SSSR count). The Labute approximate surface area is 222 Å². The van der Waals surface area contributed by atoms with Crippen molar-refractivity contribution in [3.8, 4) is 6.07 Å². The van der Waals surface area contributed by atoms with Crippen LogP contribution in [0.3, 0.4) is 0 Å². The predicted octanol–water partition coefficient (Wildman–Crippen LogP) is 5.63. The number of rotatable bonds is 8. The van der Waals surface area contributed by atoms with Gasteiger partial charge in [0.2, 0.25) is 0 Å². The number of anilines is 2. The quantitative estimate of drug-likeness (QED) is 0.207. The van der Waals surface area contributed by atoms with Crippen molar-refractivity contribution in [1.82, 2.24) is 26.4 Å². The van der Waals surface area contributed by atoms with Gasteiger partial charge in [-0.15, -0.1) is 0 Å². The van der Waals surface area contributed by atoms with E-state index in [1.165, 1.54) is 0 Å². The highest BCUT2D eigenvalue weighted by atomic mass is 35.5. The Morgan fingerprint density at radius 2 is 1.97 bits per heavy atom. The Kier molecular flexibility index (Phi) is 6.71. The molecule has 5 N–H and O–H groups in total. The van der Waals surface area contributed by atoms with Gasteiger partial charge in [0.1, 0.15) is 6.07 Å². The second kappa shape index (κ2) is 10.7. The van der Waals surface area contributed by atoms with Gasteiger partial charge in [-0.3, -0.25) is 9.97 Å². The molecule has 0 amide bonds. The van der Waals surface area contributed by atoms with Crippen LogP contribution in [0.2, 0.25) is 5.02 Å². The van der Waals surface area contributed by atoms with Gasteiger partial charge in [0.15, 0.2) is 0 Å². The molecular weight excluding hydrogens is 484 g/mol. The number of halogens is 1. The molecule has 1 aliphatic rings. The summed E-state index contributed by atoms with van der Waals surface area (Å²) in [6.07, 6.45) is 5.73. The molecule has 9 heteroatoms. The van der Waals surface area contributed by atoms with Gasteiger partial charge in [-0.1, -0.05) is 54.9 Å². The van der Waals surface area contributed by atoms with Gasteiger partial charge in [-0.05, 0) is 37.1 Å². The van der Waals surface area contributed by atoms with Gasteiger partial charge in [-0.2, -0.15) is 10.8 Å². The number of hydrogen-bond donors (Lipinski definition) is 5. The zero-order chi connectivity index (χ0) is 26.7. The summed E-state index contributed by atoms with van der Waals surface area (Å²) in [4.78, 5) is 8.88. The summed E-state index contributed by atoms with van der Waals surface area (Å²) in [7, 11) is 0. The largest absolute Gasteiger partial charge is 0.377 e. The second-order valence-electron chi connectivity index (χ2n) is 8.62. The average Bonchev–Trinajstić information content (AvgIpc) is 3.48. The summed E-state index contributed by atoms with van der Waals surface area (Å²) in [5.41, 5.74) is 13.9. The lowest BCUT2D eigenvalue weighted by Crippen LogP contribution is -2.34. The fourth-order valence-corrected chi connectivity index (χ4v) is 4.68. The molecule has 0 bridgehead atoms. The minimum Gasteiger partial charge on any atom is -0.377 e. The van der Waals surface area contributed by atoms with Crippen LogP contribution >= 0.6 is 11.6 Å². The minimum atomic E-state index is -1.43. The van der Waals surface area contributed by atoms with E-state index in [9.17, 15) is 6.63 Å².